The molecule has 2 aromatic rings. The monoisotopic (exact) mass is 558 g/mol. The minimum Gasteiger partial charge on any atom is -0.493 e. The van der Waals surface area contributed by atoms with Crippen LogP contribution < -0.4 is 20.3 Å². The number of unbranched alkanes of at least 4 members (excludes halogenated alkanes) is 2. The molecule has 0 unspecified atom stereocenters. The van der Waals surface area contributed by atoms with Crippen molar-refractivity contribution in [3.63, 3.8) is 0 Å². The summed E-state index contributed by atoms with van der Waals surface area (Å²) in [6, 6.07) is 10.4. The molecule has 1 saturated heterocycles. The second-order valence-corrected chi connectivity index (χ2v) is 9.74. The number of rotatable bonds is 11. The quantitative estimate of drug-likeness (QED) is 0.138. The zero-order chi connectivity index (χ0) is 27.7. The van der Waals surface area contributed by atoms with E-state index in [1.807, 2.05) is 6.07 Å². The molecule has 1 fully saturated rings. The van der Waals surface area contributed by atoms with Gasteiger partial charge in [0, 0.05) is 30.7 Å². The highest BCUT2D eigenvalue weighted by molar-refractivity contribution is 8.26. The van der Waals surface area contributed by atoms with Crippen molar-refractivity contribution in [3.05, 3.63) is 68.6 Å². The van der Waals surface area contributed by atoms with Crippen LogP contribution in [0.2, 0.25) is 0 Å². The van der Waals surface area contributed by atoms with Gasteiger partial charge < -0.3 is 9.47 Å². The molecule has 0 bridgehead atoms. The number of nitrogens with zero attached hydrogens (tertiary/aromatic N) is 2. The van der Waals surface area contributed by atoms with Crippen LogP contribution in [0.15, 0.2) is 47.4 Å². The predicted octanol–water partition coefficient (Wildman–Crippen LogP) is 3.83. The van der Waals surface area contributed by atoms with Crippen molar-refractivity contribution in [2.75, 3.05) is 20.8 Å². The van der Waals surface area contributed by atoms with E-state index in [-0.39, 0.29) is 29.5 Å². The second kappa shape index (κ2) is 13.5. The van der Waals surface area contributed by atoms with E-state index in [9.17, 15) is 24.5 Å². The summed E-state index contributed by atoms with van der Waals surface area (Å²) in [6.45, 7) is 0.437. The average molecular weight is 559 g/mol. The molecule has 13 heteroatoms. The topological polar surface area (TPSA) is 140 Å². The Balaban J connectivity index is 1.39. The van der Waals surface area contributed by atoms with Crippen LogP contribution in [0.3, 0.4) is 0 Å². The van der Waals surface area contributed by atoms with Crippen LogP contribution in [0.5, 0.6) is 11.5 Å². The van der Waals surface area contributed by atoms with Gasteiger partial charge in [0.15, 0.2) is 11.5 Å². The van der Waals surface area contributed by atoms with Gasteiger partial charge in [0.2, 0.25) is 5.91 Å². The molecule has 0 spiro atoms. The molecule has 2 N–H and O–H groups in total. The number of methoxy groups -OCH3 is 2. The Morgan fingerprint density at radius 1 is 1.05 bits per heavy atom. The van der Waals surface area contributed by atoms with Gasteiger partial charge in [-0.15, -0.1) is 0 Å². The second-order valence-electron chi connectivity index (χ2n) is 8.06. The van der Waals surface area contributed by atoms with Crippen LogP contribution >= 0.6 is 24.0 Å². The molecule has 1 heterocycles. The Labute approximate surface area is 228 Å². The minimum atomic E-state index is -0.580. The van der Waals surface area contributed by atoms with Crippen molar-refractivity contribution < 1.29 is 28.8 Å². The molecule has 2 aromatic carbocycles. The standard InChI is InChI=1S/C25H26N4O7S2/c1-35-19-12-7-16(14-20(19)36-2)15-21-24(32)28(25(37)38-21)13-5-3-4-6-22(30)26-27-23(31)17-8-10-18(11-9-17)29(33)34/h7-12,14-15H,3-6,13H2,1-2H3,(H,26,30)(H,27,31)/b21-15-. The number of thioether (sulfide) groups is 1. The molecule has 0 atom stereocenters. The first kappa shape index (κ1) is 28.6. The molecule has 0 aliphatic carbocycles. The first-order chi connectivity index (χ1) is 18.2. The van der Waals surface area contributed by atoms with Gasteiger partial charge in [-0.05, 0) is 48.7 Å². The van der Waals surface area contributed by atoms with E-state index in [2.05, 4.69) is 10.9 Å². The number of amides is 3. The molecule has 1 aliphatic heterocycles. The molecule has 11 nitrogen and oxygen atoms in total. The van der Waals surface area contributed by atoms with Gasteiger partial charge in [-0.3, -0.25) is 40.2 Å². The number of hydrazine groups is 1. The number of nitro groups is 1. The summed E-state index contributed by atoms with van der Waals surface area (Å²) >= 11 is 6.62. The lowest BCUT2D eigenvalue weighted by Gasteiger charge is -2.14. The molecule has 0 aromatic heterocycles. The largest absolute Gasteiger partial charge is 0.493 e. The average Bonchev–Trinajstić information content (AvgIpc) is 3.18. The zero-order valence-corrected chi connectivity index (χ0v) is 22.4. The van der Waals surface area contributed by atoms with Gasteiger partial charge in [-0.1, -0.05) is 36.5 Å². The molecule has 1 aliphatic rings. The summed E-state index contributed by atoms with van der Waals surface area (Å²) in [5.41, 5.74) is 5.44. The van der Waals surface area contributed by atoms with Gasteiger partial charge >= 0.3 is 0 Å². The summed E-state index contributed by atoms with van der Waals surface area (Å²) < 4.78 is 11.0. The van der Waals surface area contributed by atoms with E-state index >= 15 is 0 Å². The lowest BCUT2D eigenvalue weighted by molar-refractivity contribution is -0.384. The Morgan fingerprint density at radius 2 is 1.76 bits per heavy atom. The third-order valence-electron chi connectivity index (χ3n) is 5.52. The fraction of sp³-hybridized carbons (Fsp3) is 0.280. The fourth-order valence-electron chi connectivity index (χ4n) is 3.51. The number of ether oxygens (including phenoxy) is 2. The summed E-state index contributed by atoms with van der Waals surface area (Å²) in [5, 5.41) is 10.7. The number of nitro benzene ring substituents is 1. The maximum Gasteiger partial charge on any atom is 0.269 e. The van der Waals surface area contributed by atoms with Crippen molar-refractivity contribution >= 4 is 57.8 Å². The molecule has 0 saturated carbocycles. The molecule has 3 amide bonds. The SMILES string of the molecule is COc1ccc(/C=C2\SC(=S)N(CCCCCC(=O)NNC(=O)c3ccc([N+](=O)[O-])cc3)C2=O)cc1OC. The smallest absolute Gasteiger partial charge is 0.269 e. The highest BCUT2D eigenvalue weighted by Gasteiger charge is 2.31. The number of carbonyl (C=O) groups excluding carboxylic acids is 3. The van der Waals surface area contributed by atoms with Crippen molar-refractivity contribution in [2.45, 2.75) is 25.7 Å². The van der Waals surface area contributed by atoms with Crippen LogP contribution in [0, 0.1) is 10.1 Å². The van der Waals surface area contributed by atoms with Crippen molar-refractivity contribution in [1.29, 1.82) is 0 Å². The summed E-state index contributed by atoms with van der Waals surface area (Å²) in [5.74, 6) is 0.0402. The number of hydrogen-bond donors (Lipinski definition) is 2. The molecule has 3 rings (SSSR count). The van der Waals surface area contributed by atoms with Gasteiger partial charge in [-0.25, -0.2) is 0 Å². The number of nitrogens with one attached hydrogen (secondary N) is 2. The molecule has 0 radical (unpaired) electrons. The summed E-state index contributed by atoms with van der Waals surface area (Å²) in [6.07, 6.45) is 3.82. The van der Waals surface area contributed by atoms with E-state index in [1.54, 1.807) is 37.3 Å². The van der Waals surface area contributed by atoms with Crippen molar-refractivity contribution in [3.8, 4) is 11.5 Å². The Kier molecular flexibility index (Phi) is 10.2. The van der Waals surface area contributed by atoms with E-state index in [0.717, 1.165) is 5.56 Å². The third-order valence-corrected chi connectivity index (χ3v) is 6.90. The van der Waals surface area contributed by atoms with E-state index in [1.165, 1.54) is 36.0 Å². The highest BCUT2D eigenvalue weighted by Crippen LogP contribution is 2.34. The fourth-order valence-corrected chi connectivity index (χ4v) is 4.82. The number of non-ortho nitro benzene ring substituents is 1. The van der Waals surface area contributed by atoms with Crippen LogP contribution in [-0.4, -0.2) is 52.6 Å². The number of thiocarbonyl (C=S) groups is 1. The Hall–Kier alpha value is -3.97. The Morgan fingerprint density at radius 3 is 2.42 bits per heavy atom. The normalized spacial score (nSPS) is 13.9. The van der Waals surface area contributed by atoms with Gasteiger partial charge in [0.1, 0.15) is 4.32 Å². The predicted molar refractivity (Wildman–Crippen MR) is 147 cm³/mol. The van der Waals surface area contributed by atoms with Gasteiger partial charge in [0.25, 0.3) is 17.5 Å². The Bertz CT molecular complexity index is 1260. The summed E-state index contributed by atoms with van der Waals surface area (Å²) in [4.78, 5) is 49.1. The van der Waals surface area contributed by atoms with E-state index in [0.29, 0.717) is 46.5 Å². The van der Waals surface area contributed by atoms with Crippen LogP contribution in [0.4, 0.5) is 5.69 Å². The minimum absolute atomic E-state index is 0.134. The lowest BCUT2D eigenvalue weighted by Crippen LogP contribution is -2.41. The first-order valence-corrected chi connectivity index (χ1v) is 12.8. The van der Waals surface area contributed by atoms with Gasteiger partial charge in [-0.2, -0.15) is 0 Å². The van der Waals surface area contributed by atoms with Gasteiger partial charge in [0.05, 0.1) is 24.0 Å². The first-order valence-electron chi connectivity index (χ1n) is 11.5. The zero-order valence-electron chi connectivity index (χ0n) is 20.7. The lowest BCUT2D eigenvalue weighted by atomic mass is 10.1. The molecular weight excluding hydrogens is 532 g/mol. The molecular formula is C25H26N4O7S2. The summed E-state index contributed by atoms with van der Waals surface area (Å²) in [7, 11) is 3.10. The number of benzene rings is 2. The highest BCUT2D eigenvalue weighted by atomic mass is 32.2. The van der Waals surface area contributed by atoms with Crippen molar-refractivity contribution in [1.82, 2.24) is 15.8 Å². The van der Waals surface area contributed by atoms with Crippen LogP contribution in [-0.2, 0) is 9.59 Å². The molecule has 200 valence electrons. The van der Waals surface area contributed by atoms with Crippen molar-refractivity contribution in [2.24, 2.45) is 0 Å². The maximum atomic E-state index is 12.8. The van der Waals surface area contributed by atoms with E-state index in [4.69, 9.17) is 21.7 Å². The maximum absolute atomic E-state index is 12.8. The third kappa shape index (κ3) is 7.52. The molecule has 38 heavy (non-hydrogen) atoms. The van der Waals surface area contributed by atoms with E-state index < -0.39 is 10.8 Å². The van der Waals surface area contributed by atoms with Crippen LogP contribution in [0.1, 0.15) is 41.6 Å². The van der Waals surface area contributed by atoms with Crippen LogP contribution in [0.25, 0.3) is 6.08 Å². The number of carbonyl (C=O) groups is 3. The number of hydrogen-bond acceptors (Lipinski definition) is 9.